The van der Waals surface area contributed by atoms with E-state index in [2.05, 4.69) is 10.6 Å². The third-order valence-corrected chi connectivity index (χ3v) is 5.32. The first-order valence-corrected chi connectivity index (χ1v) is 9.83. The molecular formula is C19H28N2O8. The number of fused-ring (bicyclic) bond motifs is 3. The molecule has 4 heterocycles. The number of carbonyl (C=O) groups excluding carboxylic acids is 2. The third-order valence-electron chi connectivity index (χ3n) is 5.32. The Morgan fingerprint density at radius 1 is 1.00 bits per heavy atom. The minimum absolute atomic E-state index is 0.205. The van der Waals surface area contributed by atoms with Crippen molar-refractivity contribution in [3.05, 3.63) is 11.3 Å². The van der Waals surface area contributed by atoms with Crippen molar-refractivity contribution in [2.75, 3.05) is 6.61 Å². The molecule has 0 aromatic rings. The van der Waals surface area contributed by atoms with Crippen LogP contribution in [0, 0.1) is 0 Å². The molecule has 10 heteroatoms. The van der Waals surface area contributed by atoms with Gasteiger partial charge in [-0.15, -0.1) is 0 Å². The fourth-order valence-corrected chi connectivity index (χ4v) is 4.37. The number of rotatable bonds is 3. The molecule has 0 aromatic carbocycles. The van der Waals surface area contributed by atoms with Crippen molar-refractivity contribution in [3.8, 4) is 0 Å². The first kappa shape index (κ1) is 20.5. The summed E-state index contributed by atoms with van der Waals surface area (Å²) in [4.78, 5) is 24.9. The summed E-state index contributed by atoms with van der Waals surface area (Å²) in [6, 6.07) is -1.24. The number of urea groups is 1. The number of nitrogens with one attached hydrogen (secondary N) is 2. The van der Waals surface area contributed by atoms with Gasteiger partial charge in [0.15, 0.2) is 17.9 Å². The quantitative estimate of drug-likeness (QED) is 0.658. The van der Waals surface area contributed by atoms with Gasteiger partial charge in [-0.3, -0.25) is 0 Å². The normalized spacial score (nSPS) is 40.0. The number of allylic oxidation sites excluding steroid dienone is 1. The zero-order chi connectivity index (χ0) is 21.1. The summed E-state index contributed by atoms with van der Waals surface area (Å²) in [6.07, 6.45) is -3.07. The molecule has 162 valence electrons. The lowest BCUT2D eigenvalue weighted by molar-refractivity contribution is -0.237. The third kappa shape index (κ3) is 3.64. The van der Waals surface area contributed by atoms with Crippen molar-refractivity contribution >= 4 is 12.0 Å². The van der Waals surface area contributed by atoms with E-state index in [0.29, 0.717) is 5.70 Å². The molecule has 4 aliphatic heterocycles. The van der Waals surface area contributed by atoms with E-state index in [4.69, 9.17) is 28.4 Å². The van der Waals surface area contributed by atoms with Gasteiger partial charge in [0.05, 0.1) is 18.2 Å². The van der Waals surface area contributed by atoms with Gasteiger partial charge in [-0.2, -0.15) is 0 Å². The van der Waals surface area contributed by atoms with Gasteiger partial charge >= 0.3 is 12.0 Å². The Hall–Kier alpha value is -1.72. The molecule has 0 saturated carbocycles. The Morgan fingerprint density at radius 3 is 2.24 bits per heavy atom. The average molecular weight is 412 g/mol. The molecule has 0 radical (unpaired) electrons. The standard InChI is InChI=1S/C19H28N2O8/c1-7-24-15(22)9-8(2)20-17(23)21-10(9)11-12-13(27-18(3,4)26-12)14-16(25-11)29-19(5,6)28-14/h10-14,16H,7H2,1-6H3,(H2,20,21,23)/t10-,11-,12+,13+,14-,16-/m1/s1. The van der Waals surface area contributed by atoms with Gasteiger partial charge in [0.25, 0.3) is 0 Å². The van der Waals surface area contributed by atoms with Crippen molar-refractivity contribution in [2.45, 2.75) is 89.9 Å². The summed E-state index contributed by atoms with van der Waals surface area (Å²) in [5, 5.41) is 5.40. The number of esters is 1. The Morgan fingerprint density at radius 2 is 1.59 bits per heavy atom. The van der Waals surface area contributed by atoms with Crippen LogP contribution in [0.2, 0.25) is 0 Å². The number of hydrogen-bond acceptors (Lipinski definition) is 8. The largest absolute Gasteiger partial charge is 0.463 e. The maximum atomic E-state index is 12.7. The topological polar surface area (TPSA) is 114 Å². The van der Waals surface area contributed by atoms with Crippen LogP contribution >= 0.6 is 0 Å². The van der Waals surface area contributed by atoms with Crippen molar-refractivity contribution in [2.24, 2.45) is 0 Å². The van der Waals surface area contributed by atoms with Gasteiger partial charge < -0.3 is 39.1 Å². The van der Waals surface area contributed by atoms with Crippen LogP contribution in [0.1, 0.15) is 41.5 Å². The summed E-state index contributed by atoms with van der Waals surface area (Å²) in [7, 11) is 0. The molecule has 2 amide bonds. The van der Waals surface area contributed by atoms with Gasteiger partial charge in [-0.25, -0.2) is 9.59 Å². The Labute approximate surface area is 169 Å². The zero-order valence-electron chi connectivity index (χ0n) is 17.4. The maximum absolute atomic E-state index is 12.7. The van der Waals surface area contributed by atoms with E-state index in [0.717, 1.165) is 0 Å². The summed E-state index contributed by atoms with van der Waals surface area (Å²) in [6.45, 7) is 10.8. The fraction of sp³-hybridized carbons (Fsp3) is 0.789. The van der Waals surface area contributed by atoms with Crippen LogP contribution in [-0.2, 0) is 33.2 Å². The molecule has 10 nitrogen and oxygen atoms in total. The molecule has 4 aliphatic rings. The first-order valence-electron chi connectivity index (χ1n) is 9.83. The van der Waals surface area contributed by atoms with Crippen LogP contribution < -0.4 is 10.6 Å². The second-order valence-corrected chi connectivity index (χ2v) is 8.47. The van der Waals surface area contributed by atoms with Gasteiger partial charge in [-0.05, 0) is 41.5 Å². The van der Waals surface area contributed by atoms with Crippen LogP contribution in [0.15, 0.2) is 11.3 Å². The van der Waals surface area contributed by atoms with Crippen molar-refractivity contribution in [1.82, 2.24) is 10.6 Å². The molecule has 4 rings (SSSR count). The smallest absolute Gasteiger partial charge is 0.337 e. The predicted octanol–water partition coefficient (Wildman–Crippen LogP) is 0.901. The summed E-state index contributed by atoms with van der Waals surface area (Å²) < 4.78 is 35.6. The molecule has 0 unspecified atom stereocenters. The van der Waals surface area contributed by atoms with E-state index >= 15 is 0 Å². The monoisotopic (exact) mass is 412 g/mol. The molecular weight excluding hydrogens is 384 g/mol. The molecule has 29 heavy (non-hydrogen) atoms. The summed E-state index contributed by atoms with van der Waals surface area (Å²) >= 11 is 0. The number of amides is 2. The number of ether oxygens (including phenoxy) is 6. The minimum atomic E-state index is -0.887. The second-order valence-electron chi connectivity index (χ2n) is 8.47. The highest BCUT2D eigenvalue weighted by Gasteiger charge is 2.62. The van der Waals surface area contributed by atoms with Crippen molar-refractivity contribution < 1.29 is 38.0 Å². The first-order chi connectivity index (χ1) is 13.5. The van der Waals surface area contributed by atoms with E-state index in [1.807, 2.05) is 0 Å². The van der Waals surface area contributed by atoms with Gasteiger partial charge in [0.1, 0.15) is 24.4 Å². The van der Waals surface area contributed by atoms with Crippen molar-refractivity contribution in [1.29, 1.82) is 0 Å². The molecule has 0 spiro atoms. The average Bonchev–Trinajstić information content (AvgIpc) is 3.07. The highest BCUT2D eigenvalue weighted by atomic mass is 16.9. The maximum Gasteiger partial charge on any atom is 0.337 e. The Balaban J connectivity index is 1.71. The van der Waals surface area contributed by atoms with E-state index < -0.39 is 60.3 Å². The highest BCUT2D eigenvalue weighted by Crippen LogP contribution is 2.45. The number of hydrogen-bond donors (Lipinski definition) is 2. The molecule has 0 aliphatic carbocycles. The van der Waals surface area contributed by atoms with Crippen LogP contribution in [-0.4, -0.2) is 66.9 Å². The van der Waals surface area contributed by atoms with Crippen LogP contribution in [0.4, 0.5) is 4.79 Å². The van der Waals surface area contributed by atoms with E-state index in [1.54, 1.807) is 41.5 Å². The lowest BCUT2D eigenvalue weighted by Gasteiger charge is -2.42. The zero-order valence-corrected chi connectivity index (χ0v) is 17.4. The van der Waals surface area contributed by atoms with E-state index in [1.165, 1.54) is 0 Å². The van der Waals surface area contributed by atoms with E-state index in [-0.39, 0.29) is 12.2 Å². The minimum Gasteiger partial charge on any atom is -0.463 e. The molecule has 3 fully saturated rings. The van der Waals surface area contributed by atoms with Gasteiger partial charge in [0, 0.05) is 5.70 Å². The Kier molecular flexibility index (Phi) is 4.90. The lowest BCUT2D eigenvalue weighted by atomic mass is 9.88. The lowest BCUT2D eigenvalue weighted by Crippen LogP contribution is -2.64. The highest BCUT2D eigenvalue weighted by molar-refractivity contribution is 5.94. The molecule has 2 N–H and O–H groups in total. The Bertz CT molecular complexity index is 748. The van der Waals surface area contributed by atoms with Crippen LogP contribution in [0.3, 0.4) is 0 Å². The predicted molar refractivity (Wildman–Crippen MR) is 97.3 cm³/mol. The molecule has 6 atom stereocenters. The van der Waals surface area contributed by atoms with Gasteiger partial charge in [-0.1, -0.05) is 0 Å². The fourth-order valence-electron chi connectivity index (χ4n) is 4.37. The van der Waals surface area contributed by atoms with Crippen molar-refractivity contribution in [3.63, 3.8) is 0 Å². The molecule has 0 aromatic heterocycles. The summed E-state index contributed by atoms with van der Waals surface area (Å²) in [5.41, 5.74) is 0.682. The van der Waals surface area contributed by atoms with Crippen LogP contribution in [0.5, 0.6) is 0 Å². The summed E-state index contributed by atoms with van der Waals surface area (Å²) in [5.74, 6) is -2.29. The SMILES string of the molecule is CCOC(=O)C1=C(C)NC(=O)N[C@H]1[C@H]1O[C@@H]2OC(C)(C)O[C@@H]2[C@H]2OC(C)(C)O[C@H]21. The second kappa shape index (κ2) is 6.92. The van der Waals surface area contributed by atoms with E-state index in [9.17, 15) is 9.59 Å². The molecule has 0 bridgehead atoms. The van der Waals surface area contributed by atoms with Gasteiger partial charge in [0.2, 0.25) is 0 Å². The van der Waals surface area contributed by atoms with Crippen LogP contribution in [0.25, 0.3) is 0 Å². The molecule has 3 saturated heterocycles. The number of carbonyl (C=O) groups is 2.